The zero-order valence-corrected chi connectivity index (χ0v) is 6.37. The molecule has 0 bridgehead atoms. The van der Waals surface area contributed by atoms with Gasteiger partial charge in [-0.1, -0.05) is 0 Å². The molecule has 7 heteroatoms. The molecule has 1 fully saturated rings. The van der Waals surface area contributed by atoms with E-state index in [9.17, 15) is 18.4 Å². The minimum Gasteiger partial charge on any atom is -0.457 e. The van der Waals surface area contributed by atoms with Gasteiger partial charge in [-0.2, -0.15) is 8.78 Å². The van der Waals surface area contributed by atoms with E-state index in [-0.39, 0.29) is 6.61 Å². The van der Waals surface area contributed by atoms with E-state index in [1.807, 2.05) is 0 Å². The lowest BCUT2D eigenvalue weighted by Gasteiger charge is -2.06. The van der Waals surface area contributed by atoms with Crippen molar-refractivity contribution in [3.8, 4) is 0 Å². The summed E-state index contributed by atoms with van der Waals surface area (Å²) in [6.45, 7) is -0.496. The molecule has 0 spiro atoms. The van der Waals surface area contributed by atoms with E-state index in [0.29, 0.717) is 0 Å². The number of halogens is 2. The standard InChI is InChI=1S/C6H6F2O5/c7-4(8)5(9)11-1-3-2-12-6(10)13-3/h3-4H,1-2H2. The van der Waals surface area contributed by atoms with Crippen molar-refractivity contribution in [1.82, 2.24) is 0 Å². The second-order valence-corrected chi connectivity index (χ2v) is 2.23. The Bertz CT molecular complexity index is 217. The summed E-state index contributed by atoms with van der Waals surface area (Å²) in [5.74, 6) is -1.64. The smallest absolute Gasteiger partial charge is 0.457 e. The molecule has 0 aromatic heterocycles. The van der Waals surface area contributed by atoms with E-state index in [4.69, 9.17) is 0 Å². The van der Waals surface area contributed by atoms with Crippen LogP contribution >= 0.6 is 0 Å². The van der Waals surface area contributed by atoms with E-state index in [1.54, 1.807) is 0 Å². The van der Waals surface area contributed by atoms with E-state index >= 15 is 0 Å². The molecule has 0 amide bonds. The molecule has 0 N–H and O–H groups in total. The van der Waals surface area contributed by atoms with E-state index in [0.717, 1.165) is 0 Å². The molecular formula is C6H6F2O5. The SMILES string of the molecule is O=C1OCC(COC(=O)C(F)F)O1. The van der Waals surface area contributed by atoms with Gasteiger partial charge in [-0.25, -0.2) is 9.59 Å². The molecular weight excluding hydrogens is 190 g/mol. The van der Waals surface area contributed by atoms with Gasteiger partial charge in [-0.05, 0) is 0 Å². The summed E-state index contributed by atoms with van der Waals surface area (Å²) in [6, 6.07) is 0. The maximum absolute atomic E-state index is 11.6. The molecule has 0 radical (unpaired) electrons. The molecule has 1 aliphatic heterocycles. The molecule has 0 aromatic rings. The van der Waals surface area contributed by atoms with Crippen molar-refractivity contribution in [2.24, 2.45) is 0 Å². The van der Waals surface area contributed by atoms with Crippen LogP contribution in [0.5, 0.6) is 0 Å². The summed E-state index contributed by atoms with van der Waals surface area (Å²) in [6.07, 6.45) is -4.84. The van der Waals surface area contributed by atoms with Gasteiger partial charge in [0.25, 0.3) is 0 Å². The van der Waals surface area contributed by atoms with Crippen LogP contribution in [-0.4, -0.2) is 37.9 Å². The van der Waals surface area contributed by atoms with Gasteiger partial charge in [0.2, 0.25) is 0 Å². The number of hydrogen-bond donors (Lipinski definition) is 0. The highest BCUT2D eigenvalue weighted by Crippen LogP contribution is 2.07. The average molecular weight is 196 g/mol. The normalized spacial score (nSPS) is 21.2. The van der Waals surface area contributed by atoms with Gasteiger partial charge in [0, 0.05) is 0 Å². The molecule has 1 unspecified atom stereocenters. The number of hydrogen-bond acceptors (Lipinski definition) is 5. The van der Waals surface area contributed by atoms with Crippen LogP contribution in [0.15, 0.2) is 0 Å². The summed E-state index contributed by atoms with van der Waals surface area (Å²) in [5, 5.41) is 0. The van der Waals surface area contributed by atoms with Crippen LogP contribution in [-0.2, 0) is 19.0 Å². The number of cyclic esters (lactones) is 2. The first-order valence-electron chi connectivity index (χ1n) is 3.38. The zero-order valence-electron chi connectivity index (χ0n) is 6.37. The monoisotopic (exact) mass is 196 g/mol. The van der Waals surface area contributed by atoms with Crippen LogP contribution in [0.25, 0.3) is 0 Å². The van der Waals surface area contributed by atoms with Gasteiger partial charge in [0.15, 0.2) is 6.10 Å². The second kappa shape index (κ2) is 4.01. The zero-order chi connectivity index (χ0) is 9.84. The van der Waals surface area contributed by atoms with Crippen LogP contribution in [0.2, 0.25) is 0 Å². The lowest BCUT2D eigenvalue weighted by Crippen LogP contribution is -2.23. The average Bonchev–Trinajstić information content (AvgIpc) is 2.47. The van der Waals surface area contributed by atoms with Gasteiger partial charge in [0.05, 0.1) is 0 Å². The number of esters is 1. The highest BCUT2D eigenvalue weighted by atomic mass is 19.3. The Morgan fingerprint density at radius 2 is 2.38 bits per heavy atom. The van der Waals surface area contributed by atoms with Crippen LogP contribution in [0.1, 0.15) is 0 Å². The fourth-order valence-corrected chi connectivity index (χ4v) is 0.685. The molecule has 1 saturated heterocycles. The predicted molar refractivity (Wildman–Crippen MR) is 33.2 cm³/mol. The van der Waals surface area contributed by atoms with E-state index in [1.165, 1.54) is 0 Å². The van der Waals surface area contributed by atoms with Gasteiger partial charge in [0.1, 0.15) is 13.2 Å². The van der Waals surface area contributed by atoms with Crippen LogP contribution in [0, 0.1) is 0 Å². The molecule has 1 rings (SSSR count). The third-order valence-corrected chi connectivity index (χ3v) is 1.24. The van der Waals surface area contributed by atoms with Gasteiger partial charge in [-0.3, -0.25) is 0 Å². The molecule has 74 valence electrons. The third kappa shape index (κ3) is 2.85. The summed E-state index contributed by atoms with van der Waals surface area (Å²) in [5.41, 5.74) is 0. The maximum atomic E-state index is 11.6. The summed E-state index contributed by atoms with van der Waals surface area (Å²) < 4.78 is 35.9. The maximum Gasteiger partial charge on any atom is 0.508 e. The van der Waals surface area contributed by atoms with Crippen molar-refractivity contribution in [2.45, 2.75) is 12.5 Å². The fourth-order valence-electron chi connectivity index (χ4n) is 0.685. The largest absolute Gasteiger partial charge is 0.508 e. The van der Waals surface area contributed by atoms with Crippen molar-refractivity contribution in [2.75, 3.05) is 13.2 Å². The lowest BCUT2D eigenvalue weighted by atomic mass is 10.4. The Balaban J connectivity index is 2.19. The number of carbonyl (C=O) groups is 2. The van der Waals surface area contributed by atoms with Crippen LogP contribution in [0.4, 0.5) is 13.6 Å². The first kappa shape index (κ1) is 9.69. The van der Waals surface area contributed by atoms with Crippen molar-refractivity contribution in [3.63, 3.8) is 0 Å². The Morgan fingerprint density at radius 1 is 1.69 bits per heavy atom. The number of alkyl halides is 2. The Morgan fingerprint density at radius 3 is 2.85 bits per heavy atom. The van der Waals surface area contributed by atoms with Crippen molar-refractivity contribution in [3.05, 3.63) is 0 Å². The summed E-state index contributed by atoms with van der Waals surface area (Å²) in [4.78, 5) is 20.5. The number of rotatable bonds is 3. The summed E-state index contributed by atoms with van der Waals surface area (Å²) in [7, 11) is 0. The molecule has 1 heterocycles. The van der Waals surface area contributed by atoms with E-state index < -0.39 is 31.3 Å². The lowest BCUT2D eigenvalue weighted by molar-refractivity contribution is -0.158. The second-order valence-electron chi connectivity index (χ2n) is 2.23. The van der Waals surface area contributed by atoms with Crippen molar-refractivity contribution < 1.29 is 32.6 Å². The summed E-state index contributed by atoms with van der Waals surface area (Å²) >= 11 is 0. The quantitative estimate of drug-likeness (QED) is 0.608. The van der Waals surface area contributed by atoms with Crippen LogP contribution in [0.3, 0.4) is 0 Å². The minimum atomic E-state index is -3.17. The Labute approximate surface area is 71.6 Å². The van der Waals surface area contributed by atoms with Crippen molar-refractivity contribution >= 4 is 12.1 Å². The Hall–Kier alpha value is -1.40. The molecule has 1 aliphatic rings. The molecule has 0 aliphatic carbocycles. The Kier molecular flexibility index (Phi) is 2.99. The van der Waals surface area contributed by atoms with Crippen LogP contribution < -0.4 is 0 Å². The van der Waals surface area contributed by atoms with E-state index in [2.05, 4.69) is 14.2 Å². The molecule has 5 nitrogen and oxygen atoms in total. The highest BCUT2D eigenvalue weighted by molar-refractivity contribution is 5.72. The van der Waals surface area contributed by atoms with Gasteiger partial charge < -0.3 is 14.2 Å². The number of ether oxygens (including phenoxy) is 3. The molecule has 0 saturated carbocycles. The number of carbonyl (C=O) groups excluding carboxylic acids is 2. The molecule has 0 aromatic carbocycles. The first-order chi connectivity index (χ1) is 6.09. The highest BCUT2D eigenvalue weighted by Gasteiger charge is 2.27. The molecule has 1 atom stereocenters. The van der Waals surface area contributed by atoms with Crippen molar-refractivity contribution in [1.29, 1.82) is 0 Å². The first-order valence-corrected chi connectivity index (χ1v) is 3.38. The predicted octanol–water partition coefficient (Wildman–Crippen LogP) is 0.330. The fraction of sp³-hybridized carbons (Fsp3) is 0.667. The third-order valence-electron chi connectivity index (χ3n) is 1.24. The topological polar surface area (TPSA) is 61.8 Å². The van der Waals surface area contributed by atoms with Gasteiger partial charge >= 0.3 is 18.6 Å². The molecule has 13 heavy (non-hydrogen) atoms. The minimum absolute atomic E-state index is 0.0879. The van der Waals surface area contributed by atoms with Gasteiger partial charge in [-0.15, -0.1) is 0 Å².